The van der Waals surface area contributed by atoms with Crippen LogP contribution in [0.3, 0.4) is 0 Å². The summed E-state index contributed by atoms with van der Waals surface area (Å²) in [5.74, 6) is 0.0842. The fourth-order valence-corrected chi connectivity index (χ4v) is 4.19. The topological polar surface area (TPSA) is 90.8 Å². The van der Waals surface area contributed by atoms with Gasteiger partial charge in [0.2, 0.25) is 5.88 Å². The third-order valence-electron chi connectivity index (χ3n) is 6.02. The number of carbonyl (C=O) groups excluding carboxylic acids is 1. The van der Waals surface area contributed by atoms with E-state index in [-0.39, 0.29) is 18.6 Å². The number of aliphatic hydroxyl groups is 1. The number of aliphatic hydroxyl groups excluding tert-OH is 1. The molecule has 1 fully saturated rings. The third-order valence-corrected chi connectivity index (χ3v) is 6.02. The molecule has 1 saturated heterocycles. The Morgan fingerprint density at radius 2 is 2.03 bits per heavy atom. The number of hydrogen-bond donors (Lipinski definition) is 2. The lowest BCUT2D eigenvalue weighted by atomic mass is 10.00. The van der Waals surface area contributed by atoms with Crippen molar-refractivity contribution in [1.82, 2.24) is 25.3 Å². The summed E-state index contributed by atoms with van der Waals surface area (Å²) in [5.41, 5.74) is 3.08. The van der Waals surface area contributed by atoms with Crippen molar-refractivity contribution in [2.24, 2.45) is 0 Å². The number of piperidine rings is 1. The molecule has 1 unspecified atom stereocenters. The molecule has 1 amide bonds. The predicted octanol–water partition coefficient (Wildman–Crippen LogP) is 1.10. The van der Waals surface area contributed by atoms with Crippen LogP contribution in [0.25, 0.3) is 0 Å². The van der Waals surface area contributed by atoms with Gasteiger partial charge in [-0.1, -0.05) is 24.3 Å². The van der Waals surface area contributed by atoms with Gasteiger partial charge in [-0.2, -0.15) is 5.10 Å². The Balaban J connectivity index is 1.24. The van der Waals surface area contributed by atoms with E-state index in [9.17, 15) is 9.90 Å². The molecular weight excluding hydrogens is 394 g/mol. The number of hydrogen-bond acceptors (Lipinski definition) is 7. The van der Waals surface area contributed by atoms with E-state index in [1.165, 1.54) is 17.3 Å². The smallest absolute Gasteiger partial charge is 0.253 e. The summed E-state index contributed by atoms with van der Waals surface area (Å²) in [6.45, 7) is 4.41. The van der Waals surface area contributed by atoms with Gasteiger partial charge in [-0.25, -0.2) is 0 Å². The van der Waals surface area contributed by atoms with Gasteiger partial charge in [0.05, 0.1) is 17.9 Å². The van der Waals surface area contributed by atoms with Crippen LogP contribution in [0.15, 0.2) is 36.5 Å². The molecule has 0 bridgehead atoms. The van der Waals surface area contributed by atoms with Crippen molar-refractivity contribution in [3.05, 3.63) is 53.2 Å². The summed E-state index contributed by atoms with van der Waals surface area (Å²) in [7, 11) is 2.10. The SMILES string of the molecule is CN1CCC(Oc2cc(C(=O)NCC(O)CN3CCc4ccccc4C3)cnn2)CC1. The van der Waals surface area contributed by atoms with Gasteiger partial charge >= 0.3 is 0 Å². The molecule has 2 N–H and O–H groups in total. The van der Waals surface area contributed by atoms with Gasteiger partial charge in [0.25, 0.3) is 5.91 Å². The first-order valence-electron chi connectivity index (χ1n) is 11.0. The monoisotopic (exact) mass is 425 g/mol. The Labute approximate surface area is 183 Å². The van der Waals surface area contributed by atoms with Crippen molar-refractivity contribution in [2.45, 2.75) is 38.0 Å². The number of benzene rings is 1. The zero-order valence-electron chi connectivity index (χ0n) is 18.0. The van der Waals surface area contributed by atoms with Crippen LogP contribution < -0.4 is 10.1 Å². The molecule has 2 aliphatic heterocycles. The molecule has 0 saturated carbocycles. The molecule has 1 aromatic carbocycles. The highest BCUT2D eigenvalue weighted by molar-refractivity contribution is 5.94. The van der Waals surface area contributed by atoms with Crippen molar-refractivity contribution >= 4 is 5.91 Å². The second-order valence-corrected chi connectivity index (χ2v) is 8.52. The molecule has 4 rings (SSSR count). The number of fused-ring (bicyclic) bond motifs is 1. The average molecular weight is 426 g/mol. The molecule has 0 aliphatic carbocycles. The summed E-state index contributed by atoms with van der Waals surface area (Å²) in [5, 5.41) is 21.1. The van der Waals surface area contributed by atoms with Gasteiger partial charge in [-0.15, -0.1) is 5.10 Å². The molecule has 166 valence electrons. The van der Waals surface area contributed by atoms with Crippen molar-refractivity contribution in [2.75, 3.05) is 39.8 Å². The number of β-amino-alcohol motifs (C(OH)–C–C–N with tert-alkyl or cyclic N) is 1. The van der Waals surface area contributed by atoms with Crippen molar-refractivity contribution < 1.29 is 14.6 Å². The number of aromatic nitrogens is 2. The fraction of sp³-hybridized carbons (Fsp3) is 0.522. The summed E-state index contributed by atoms with van der Waals surface area (Å²) in [6.07, 6.45) is 3.73. The molecular formula is C23H31N5O3. The molecule has 8 nitrogen and oxygen atoms in total. The van der Waals surface area contributed by atoms with Gasteiger partial charge < -0.3 is 20.1 Å². The van der Waals surface area contributed by atoms with Crippen LogP contribution >= 0.6 is 0 Å². The van der Waals surface area contributed by atoms with E-state index >= 15 is 0 Å². The summed E-state index contributed by atoms with van der Waals surface area (Å²) in [6, 6.07) is 10.0. The Kier molecular flexibility index (Phi) is 7.11. The molecule has 0 spiro atoms. The Bertz CT molecular complexity index is 885. The minimum absolute atomic E-state index is 0.0975. The van der Waals surface area contributed by atoms with Crippen molar-refractivity contribution in [3.8, 4) is 5.88 Å². The van der Waals surface area contributed by atoms with Crippen LogP contribution in [0.2, 0.25) is 0 Å². The molecule has 2 aliphatic rings. The summed E-state index contributed by atoms with van der Waals surface area (Å²) >= 11 is 0. The predicted molar refractivity (Wildman–Crippen MR) is 117 cm³/mol. The van der Waals surface area contributed by atoms with Gasteiger partial charge in [0.15, 0.2) is 0 Å². The van der Waals surface area contributed by atoms with E-state index in [0.29, 0.717) is 18.0 Å². The van der Waals surface area contributed by atoms with Crippen LogP contribution in [0, 0.1) is 0 Å². The van der Waals surface area contributed by atoms with Crippen LogP contribution in [-0.4, -0.2) is 83.0 Å². The second kappa shape index (κ2) is 10.2. The van der Waals surface area contributed by atoms with Crippen LogP contribution in [-0.2, 0) is 13.0 Å². The normalized spacial score (nSPS) is 18.9. The van der Waals surface area contributed by atoms with Crippen molar-refractivity contribution in [1.29, 1.82) is 0 Å². The minimum atomic E-state index is -0.640. The first-order valence-corrected chi connectivity index (χ1v) is 11.0. The highest BCUT2D eigenvalue weighted by Gasteiger charge is 2.21. The lowest BCUT2D eigenvalue weighted by Crippen LogP contribution is -2.42. The first-order chi connectivity index (χ1) is 15.1. The van der Waals surface area contributed by atoms with Crippen molar-refractivity contribution in [3.63, 3.8) is 0 Å². The summed E-state index contributed by atoms with van der Waals surface area (Å²) in [4.78, 5) is 17.0. The average Bonchev–Trinajstić information content (AvgIpc) is 2.79. The third kappa shape index (κ3) is 6.00. The molecule has 1 aromatic heterocycles. The Morgan fingerprint density at radius 3 is 2.84 bits per heavy atom. The minimum Gasteiger partial charge on any atom is -0.473 e. The maximum Gasteiger partial charge on any atom is 0.253 e. The maximum absolute atomic E-state index is 12.5. The zero-order chi connectivity index (χ0) is 21.6. The largest absolute Gasteiger partial charge is 0.473 e. The Hall–Kier alpha value is -2.55. The van der Waals surface area contributed by atoms with E-state index in [4.69, 9.17) is 4.74 Å². The standard InChI is InChI=1S/C23H31N5O3/c1-27-9-7-21(8-10-27)31-22-12-19(13-25-26-22)23(30)24-14-20(29)16-28-11-6-17-4-2-3-5-18(17)15-28/h2-5,12-13,20-21,29H,6-11,14-16H2,1H3,(H,24,30). The molecule has 8 heteroatoms. The van der Waals surface area contributed by atoms with Gasteiger partial charge in [-0.05, 0) is 37.4 Å². The number of amides is 1. The van der Waals surface area contributed by atoms with Crippen LogP contribution in [0.4, 0.5) is 0 Å². The first kappa shape index (κ1) is 21.7. The molecule has 3 heterocycles. The van der Waals surface area contributed by atoms with E-state index in [0.717, 1.165) is 45.4 Å². The lowest BCUT2D eigenvalue weighted by Gasteiger charge is -2.30. The Morgan fingerprint density at radius 1 is 1.26 bits per heavy atom. The van der Waals surface area contributed by atoms with Crippen LogP contribution in [0.1, 0.15) is 34.3 Å². The second-order valence-electron chi connectivity index (χ2n) is 8.52. The summed E-state index contributed by atoms with van der Waals surface area (Å²) < 4.78 is 5.91. The number of carbonyl (C=O) groups is 1. The van der Waals surface area contributed by atoms with Gasteiger partial charge in [0, 0.05) is 45.3 Å². The molecule has 1 atom stereocenters. The van der Waals surface area contributed by atoms with E-state index in [2.05, 4.69) is 50.6 Å². The van der Waals surface area contributed by atoms with E-state index in [1.54, 1.807) is 6.07 Å². The highest BCUT2D eigenvalue weighted by Crippen LogP contribution is 2.19. The molecule has 2 aromatic rings. The van der Waals surface area contributed by atoms with Gasteiger partial charge in [0.1, 0.15) is 6.10 Å². The number of nitrogens with one attached hydrogen (secondary N) is 1. The van der Waals surface area contributed by atoms with E-state index in [1.807, 2.05) is 6.07 Å². The zero-order valence-corrected chi connectivity index (χ0v) is 18.0. The van der Waals surface area contributed by atoms with Gasteiger partial charge in [-0.3, -0.25) is 9.69 Å². The molecule has 0 radical (unpaired) electrons. The number of likely N-dealkylation sites (tertiary alicyclic amines) is 1. The number of rotatable bonds is 7. The molecule has 31 heavy (non-hydrogen) atoms. The number of ether oxygens (including phenoxy) is 1. The highest BCUT2D eigenvalue weighted by atomic mass is 16.5. The van der Waals surface area contributed by atoms with E-state index < -0.39 is 6.10 Å². The quantitative estimate of drug-likeness (QED) is 0.686. The maximum atomic E-state index is 12.5. The van der Waals surface area contributed by atoms with Crippen LogP contribution in [0.5, 0.6) is 5.88 Å². The lowest BCUT2D eigenvalue weighted by molar-refractivity contribution is 0.0839. The fourth-order valence-electron chi connectivity index (χ4n) is 4.19. The number of nitrogens with zero attached hydrogens (tertiary/aromatic N) is 4.